The first-order valence-corrected chi connectivity index (χ1v) is 12.1. The summed E-state index contributed by atoms with van der Waals surface area (Å²) < 4.78 is 21.4. The molecule has 0 bridgehead atoms. The predicted octanol–water partition coefficient (Wildman–Crippen LogP) is 5.52. The van der Waals surface area contributed by atoms with Crippen LogP contribution in [0.4, 0.5) is 0 Å². The lowest BCUT2D eigenvalue weighted by atomic mass is 9.93. The number of hydrogen-bond donors (Lipinski definition) is 0. The number of benzene rings is 4. The quantitative estimate of drug-likeness (QED) is 0.182. The van der Waals surface area contributed by atoms with E-state index < -0.39 is 23.1 Å². The van der Waals surface area contributed by atoms with Crippen LogP contribution in [0, 0.1) is 0 Å². The van der Waals surface area contributed by atoms with Gasteiger partial charge in [-0.05, 0) is 60.7 Å². The van der Waals surface area contributed by atoms with E-state index in [9.17, 15) is 19.2 Å². The first-order valence-electron chi connectivity index (χ1n) is 12.1. The van der Waals surface area contributed by atoms with Crippen molar-refractivity contribution in [3.8, 4) is 34.1 Å². The van der Waals surface area contributed by atoms with E-state index in [-0.39, 0.29) is 22.3 Å². The molecule has 0 aliphatic rings. The Labute approximate surface area is 231 Å². The van der Waals surface area contributed by atoms with Crippen LogP contribution in [0.2, 0.25) is 0 Å². The normalized spacial score (nSPS) is 10.4. The fraction of sp³-hybridized carbons (Fsp3) is 0.125. The zero-order valence-electron chi connectivity index (χ0n) is 22.3. The molecule has 0 heterocycles. The minimum absolute atomic E-state index is 0.106. The molecule has 0 saturated heterocycles. The van der Waals surface area contributed by atoms with Crippen LogP contribution in [0.15, 0.2) is 84.9 Å². The van der Waals surface area contributed by atoms with Gasteiger partial charge in [0.1, 0.15) is 23.0 Å². The highest BCUT2D eigenvalue weighted by Crippen LogP contribution is 2.38. The lowest BCUT2D eigenvalue weighted by Gasteiger charge is -2.15. The van der Waals surface area contributed by atoms with Crippen LogP contribution in [-0.4, -0.2) is 51.6 Å². The zero-order valence-corrected chi connectivity index (χ0v) is 22.3. The Kier molecular flexibility index (Phi) is 8.39. The third kappa shape index (κ3) is 5.61. The molecule has 4 aromatic rings. The van der Waals surface area contributed by atoms with E-state index in [4.69, 9.17) is 18.9 Å². The summed E-state index contributed by atoms with van der Waals surface area (Å²) in [5.74, 6) is -1.27. The van der Waals surface area contributed by atoms with E-state index in [2.05, 4.69) is 0 Å². The van der Waals surface area contributed by atoms with Crippen molar-refractivity contribution in [2.45, 2.75) is 0 Å². The molecule has 4 aromatic carbocycles. The topological polar surface area (TPSA) is 105 Å². The Hall–Kier alpha value is -5.24. The van der Waals surface area contributed by atoms with Crippen LogP contribution in [0.25, 0.3) is 11.1 Å². The molecule has 8 nitrogen and oxygen atoms in total. The standard InChI is InChI=1S/C32H26O8/c1-37-23-9-5-7-19(15-23)29(33)31(35)21-11-13-27(39-3)25(17-21)26-18-22(12-14-28(26)40-4)32(36)30(34)20-8-6-10-24(16-20)38-2/h5-18H,1-4H3. The van der Waals surface area contributed by atoms with Crippen molar-refractivity contribution in [2.75, 3.05) is 28.4 Å². The molecular formula is C32H26O8. The molecule has 0 unspecified atom stereocenters. The molecule has 0 radical (unpaired) electrons. The highest BCUT2D eigenvalue weighted by molar-refractivity contribution is 6.50. The number of carbonyl (C=O) groups is 4. The van der Waals surface area contributed by atoms with Gasteiger partial charge in [0.15, 0.2) is 0 Å². The highest BCUT2D eigenvalue weighted by atomic mass is 16.5. The molecule has 8 heteroatoms. The molecule has 0 atom stereocenters. The largest absolute Gasteiger partial charge is 0.497 e. The Morgan fingerprint density at radius 2 is 0.775 bits per heavy atom. The summed E-state index contributed by atoms with van der Waals surface area (Å²) in [4.78, 5) is 52.3. The number of carbonyl (C=O) groups excluding carboxylic acids is 4. The second-order valence-corrected chi connectivity index (χ2v) is 8.61. The fourth-order valence-corrected chi connectivity index (χ4v) is 4.17. The van der Waals surface area contributed by atoms with Gasteiger partial charge in [0.25, 0.3) is 0 Å². The molecule has 0 amide bonds. The molecule has 0 aliphatic heterocycles. The van der Waals surface area contributed by atoms with Gasteiger partial charge in [0.05, 0.1) is 28.4 Å². The van der Waals surface area contributed by atoms with Crippen LogP contribution in [-0.2, 0) is 0 Å². The molecule has 0 saturated carbocycles. The maximum Gasteiger partial charge on any atom is 0.233 e. The van der Waals surface area contributed by atoms with E-state index in [1.165, 1.54) is 77.0 Å². The van der Waals surface area contributed by atoms with Crippen molar-refractivity contribution in [2.24, 2.45) is 0 Å². The first-order chi connectivity index (χ1) is 19.3. The summed E-state index contributed by atoms with van der Waals surface area (Å²) in [6.45, 7) is 0. The van der Waals surface area contributed by atoms with E-state index in [0.29, 0.717) is 34.1 Å². The summed E-state index contributed by atoms with van der Waals surface area (Å²) in [5, 5.41) is 0. The molecule has 0 fully saturated rings. The zero-order chi connectivity index (χ0) is 28.8. The van der Waals surface area contributed by atoms with Gasteiger partial charge in [-0.15, -0.1) is 0 Å². The van der Waals surface area contributed by atoms with Crippen molar-refractivity contribution in [3.63, 3.8) is 0 Å². The van der Waals surface area contributed by atoms with Gasteiger partial charge in [-0.3, -0.25) is 19.2 Å². The number of ketones is 4. The summed E-state index contributed by atoms with van der Waals surface area (Å²) in [6.07, 6.45) is 0. The number of Topliss-reactive ketones (excluding diaryl/α,β-unsaturated/α-hetero) is 4. The van der Waals surface area contributed by atoms with Gasteiger partial charge in [-0.25, -0.2) is 0 Å². The van der Waals surface area contributed by atoms with Crippen LogP contribution in [0.3, 0.4) is 0 Å². The Balaban J connectivity index is 1.75. The molecule has 202 valence electrons. The summed E-state index contributed by atoms with van der Waals surface area (Å²) in [7, 11) is 5.85. The van der Waals surface area contributed by atoms with Crippen LogP contribution in [0.5, 0.6) is 23.0 Å². The molecule has 0 aromatic heterocycles. The Bertz CT molecular complexity index is 1500. The summed E-state index contributed by atoms with van der Waals surface area (Å²) >= 11 is 0. The lowest BCUT2D eigenvalue weighted by molar-refractivity contribution is 0.0816. The number of ether oxygens (including phenoxy) is 4. The second kappa shape index (κ2) is 12.1. The lowest BCUT2D eigenvalue weighted by Crippen LogP contribution is -2.15. The average molecular weight is 539 g/mol. The van der Waals surface area contributed by atoms with Crippen LogP contribution < -0.4 is 18.9 Å². The van der Waals surface area contributed by atoms with Crippen molar-refractivity contribution >= 4 is 23.1 Å². The van der Waals surface area contributed by atoms with Crippen molar-refractivity contribution in [3.05, 3.63) is 107 Å². The second-order valence-electron chi connectivity index (χ2n) is 8.61. The van der Waals surface area contributed by atoms with Crippen molar-refractivity contribution < 1.29 is 38.1 Å². The van der Waals surface area contributed by atoms with E-state index in [0.717, 1.165) is 0 Å². The van der Waals surface area contributed by atoms with Gasteiger partial charge < -0.3 is 18.9 Å². The van der Waals surface area contributed by atoms with Gasteiger partial charge in [0.2, 0.25) is 23.1 Å². The predicted molar refractivity (Wildman–Crippen MR) is 148 cm³/mol. The molecule has 0 N–H and O–H groups in total. The van der Waals surface area contributed by atoms with Gasteiger partial charge in [-0.2, -0.15) is 0 Å². The third-order valence-corrected chi connectivity index (χ3v) is 6.29. The molecule has 0 spiro atoms. The fourth-order valence-electron chi connectivity index (χ4n) is 4.17. The van der Waals surface area contributed by atoms with Crippen LogP contribution >= 0.6 is 0 Å². The van der Waals surface area contributed by atoms with E-state index in [1.807, 2.05) is 0 Å². The molecule has 4 rings (SSSR count). The van der Waals surface area contributed by atoms with E-state index in [1.54, 1.807) is 36.4 Å². The van der Waals surface area contributed by atoms with Gasteiger partial charge in [-0.1, -0.05) is 24.3 Å². The SMILES string of the molecule is COc1cccc(C(=O)C(=O)c2ccc(OC)c(-c3cc(C(=O)C(=O)c4cccc(OC)c4)ccc3OC)c2)c1. The Morgan fingerprint density at radius 3 is 1.10 bits per heavy atom. The maximum absolute atomic E-state index is 13.2. The molecule has 0 aliphatic carbocycles. The van der Waals surface area contributed by atoms with E-state index >= 15 is 0 Å². The first kappa shape index (κ1) is 27.8. The summed E-state index contributed by atoms with van der Waals surface area (Å²) in [5.41, 5.74) is 1.37. The minimum Gasteiger partial charge on any atom is -0.497 e. The Morgan fingerprint density at radius 1 is 0.425 bits per heavy atom. The highest BCUT2D eigenvalue weighted by Gasteiger charge is 2.24. The van der Waals surface area contributed by atoms with Crippen molar-refractivity contribution in [1.29, 1.82) is 0 Å². The smallest absolute Gasteiger partial charge is 0.233 e. The monoisotopic (exact) mass is 538 g/mol. The number of methoxy groups -OCH3 is 4. The number of rotatable bonds is 11. The third-order valence-electron chi connectivity index (χ3n) is 6.29. The van der Waals surface area contributed by atoms with Crippen LogP contribution in [0.1, 0.15) is 41.4 Å². The molecular weight excluding hydrogens is 512 g/mol. The maximum atomic E-state index is 13.2. The average Bonchev–Trinajstić information content (AvgIpc) is 3.02. The minimum atomic E-state index is -0.739. The van der Waals surface area contributed by atoms with Gasteiger partial charge in [0, 0.05) is 33.4 Å². The number of hydrogen-bond acceptors (Lipinski definition) is 8. The van der Waals surface area contributed by atoms with Gasteiger partial charge >= 0.3 is 0 Å². The molecule has 40 heavy (non-hydrogen) atoms. The van der Waals surface area contributed by atoms with Crippen molar-refractivity contribution in [1.82, 2.24) is 0 Å². The summed E-state index contributed by atoms with van der Waals surface area (Å²) in [6, 6.07) is 21.7.